The van der Waals surface area contributed by atoms with Gasteiger partial charge in [0.05, 0.1) is 24.7 Å². The first kappa shape index (κ1) is 22.6. The van der Waals surface area contributed by atoms with Gasteiger partial charge < -0.3 is 14.9 Å². The summed E-state index contributed by atoms with van der Waals surface area (Å²) in [5, 5.41) is 21.2. The molecule has 4 heteroatoms. The van der Waals surface area contributed by atoms with Gasteiger partial charge in [-0.3, -0.25) is 4.79 Å². The van der Waals surface area contributed by atoms with Crippen molar-refractivity contribution in [2.45, 2.75) is 104 Å². The molecule has 0 bridgehead atoms. The van der Waals surface area contributed by atoms with E-state index in [0.29, 0.717) is 49.0 Å². The van der Waals surface area contributed by atoms with Crippen molar-refractivity contribution in [2.75, 3.05) is 6.61 Å². The van der Waals surface area contributed by atoms with Gasteiger partial charge in [0.25, 0.3) is 0 Å². The number of carbonyl (C=O) groups is 1. The lowest BCUT2D eigenvalue weighted by Crippen LogP contribution is -2.50. The van der Waals surface area contributed by atoms with Gasteiger partial charge >= 0.3 is 5.97 Å². The first-order chi connectivity index (χ1) is 14.2. The van der Waals surface area contributed by atoms with Gasteiger partial charge in [-0.25, -0.2) is 0 Å². The maximum atomic E-state index is 12.9. The summed E-state index contributed by atoms with van der Waals surface area (Å²) in [7, 11) is 0. The summed E-state index contributed by atoms with van der Waals surface area (Å²) in [6.45, 7) is 9.61. The number of aliphatic hydroxyl groups excluding tert-OH is 2. The average molecular weight is 421 g/mol. The van der Waals surface area contributed by atoms with Gasteiger partial charge in [-0.1, -0.05) is 40.5 Å². The lowest BCUT2D eigenvalue weighted by molar-refractivity contribution is -0.153. The van der Waals surface area contributed by atoms with Crippen LogP contribution in [-0.4, -0.2) is 35.0 Å². The van der Waals surface area contributed by atoms with Crippen molar-refractivity contribution >= 4 is 5.97 Å². The molecular weight excluding hydrogens is 376 g/mol. The molecule has 0 spiro atoms. The fraction of sp³-hybridized carbons (Fsp3) is 0.962. The van der Waals surface area contributed by atoms with Crippen LogP contribution < -0.4 is 0 Å². The molecule has 1 aliphatic heterocycles. The van der Waals surface area contributed by atoms with E-state index in [9.17, 15) is 15.0 Å². The predicted octanol–water partition coefficient (Wildman–Crippen LogP) is 4.96. The van der Waals surface area contributed by atoms with Crippen molar-refractivity contribution in [2.24, 2.45) is 46.3 Å². The van der Waals surface area contributed by atoms with Crippen LogP contribution in [-0.2, 0) is 9.53 Å². The Bertz CT molecular complexity index is 633. The highest BCUT2D eigenvalue weighted by Gasteiger charge is 2.60. The topological polar surface area (TPSA) is 66.8 Å². The van der Waals surface area contributed by atoms with Crippen molar-refractivity contribution in [3.63, 3.8) is 0 Å². The van der Waals surface area contributed by atoms with Gasteiger partial charge in [0.1, 0.15) is 0 Å². The van der Waals surface area contributed by atoms with Crippen molar-refractivity contribution < 1.29 is 19.7 Å². The Balaban J connectivity index is 1.52. The Kier molecular flexibility index (Phi) is 6.31. The highest BCUT2D eigenvalue weighted by molar-refractivity contribution is 5.74. The van der Waals surface area contributed by atoms with E-state index in [-0.39, 0.29) is 22.7 Å². The lowest BCUT2D eigenvalue weighted by Gasteiger charge is -2.54. The number of carbonyl (C=O) groups excluding carboxylic acids is 1. The standard InChI is InChI=1S/C26H44O4/c1-16(2)13-22(27)23(28)14-17-8-9-19-18-15-30-24(29)21-7-5-6-11-26(21,4)20(18)10-12-25(17,19)3/h16-23,27-28H,5-15H2,1-4H3. The normalized spacial score (nSPS) is 45.7. The number of hydrogen-bond donors (Lipinski definition) is 2. The Morgan fingerprint density at radius 3 is 2.43 bits per heavy atom. The van der Waals surface area contributed by atoms with Crippen LogP contribution in [0.5, 0.6) is 0 Å². The predicted molar refractivity (Wildman–Crippen MR) is 118 cm³/mol. The fourth-order valence-corrected chi connectivity index (χ4v) is 8.39. The van der Waals surface area contributed by atoms with Crippen molar-refractivity contribution in [3.05, 3.63) is 0 Å². The van der Waals surface area contributed by atoms with Crippen molar-refractivity contribution in [1.82, 2.24) is 0 Å². The molecule has 1 heterocycles. The summed E-state index contributed by atoms with van der Waals surface area (Å²) in [5.74, 6) is 2.62. The number of hydrogen-bond acceptors (Lipinski definition) is 4. The Morgan fingerprint density at radius 2 is 1.70 bits per heavy atom. The molecule has 3 aliphatic carbocycles. The van der Waals surface area contributed by atoms with E-state index in [2.05, 4.69) is 27.7 Å². The zero-order valence-electron chi connectivity index (χ0n) is 19.6. The molecule has 9 unspecified atom stereocenters. The molecule has 4 nitrogen and oxygen atoms in total. The Morgan fingerprint density at radius 1 is 0.967 bits per heavy atom. The molecule has 4 fully saturated rings. The van der Waals surface area contributed by atoms with Crippen LogP contribution in [0.25, 0.3) is 0 Å². The number of fused-ring (bicyclic) bond motifs is 5. The lowest BCUT2D eigenvalue weighted by atomic mass is 9.49. The first-order valence-electron chi connectivity index (χ1n) is 12.7. The van der Waals surface area contributed by atoms with Crippen LogP contribution in [0, 0.1) is 46.3 Å². The molecule has 4 rings (SSSR count). The third-order valence-corrected chi connectivity index (χ3v) is 10.1. The van der Waals surface area contributed by atoms with Crippen LogP contribution >= 0.6 is 0 Å². The fourth-order valence-electron chi connectivity index (χ4n) is 8.39. The Labute approximate surface area is 183 Å². The van der Waals surface area contributed by atoms with E-state index < -0.39 is 12.2 Å². The van der Waals surface area contributed by atoms with Gasteiger partial charge in [0.2, 0.25) is 0 Å². The van der Waals surface area contributed by atoms with Gasteiger partial charge in [-0.15, -0.1) is 0 Å². The molecule has 2 N–H and O–H groups in total. The van der Waals surface area contributed by atoms with E-state index in [4.69, 9.17) is 4.74 Å². The van der Waals surface area contributed by atoms with Crippen LogP contribution in [0.1, 0.15) is 91.9 Å². The zero-order chi connectivity index (χ0) is 21.7. The smallest absolute Gasteiger partial charge is 0.309 e. The van der Waals surface area contributed by atoms with Crippen LogP contribution in [0.2, 0.25) is 0 Å². The zero-order valence-corrected chi connectivity index (χ0v) is 19.6. The van der Waals surface area contributed by atoms with Crippen molar-refractivity contribution in [3.8, 4) is 0 Å². The van der Waals surface area contributed by atoms with Crippen LogP contribution in [0.15, 0.2) is 0 Å². The number of cyclic esters (lactones) is 1. The van der Waals surface area contributed by atoms with Gasteiger partial charge in [-0.2, -0.15) is 0 Å². The quantitative estimate of drug-likeness (QED) is 0.617. The van der Waals surface area contributed by atoms with E-state index >= 15 is 0 Å². The van der Waals surface area contributed by atoms with Crippen LogP contribution in [0.4, 0.5) is 0 Å². The minimum atomic E-state index is -0.627. The third-order valence-electron chi connectivity index (χ3n) is 10.1. The van der Waals surface area contributed by atoms with Crippen molar-refractivity contribution in [1.29, 1.82) is 0 Å². The average Bonchev–Trinajstić information content (AvgIpc) is 2.96. The summed E-state index contributed by atoms with van der Waals surface area (Å²) in [4.78, 5) is 12.9. The molecule has 3 saturated carbocycles. The molecule has 0 aromatic rings. The molecule has 172 valence electrons. The van der Waals surface area contributed by atoms with E-state index in [1.54, 1.807) is 0 Å². The number of ether oxygens (including phenoxy) is 1. The SMILES string of the molecule is CC(C)CC(O)C(O)CC1CCC2C3COC(=O)C4CCCCC4(C)C3CCC12C. The molecule has 0 amide bonds. The molecule has 0 aromatic carbocycles. The van der Waals surface area contributed by atoms with Gasteiger partial charge in [-0.05, 0) is 91.8 Å². The second-order valence-electron chi connectivity index (χ2n) is 12.1. The molecule has 0 aromatic heterocycles. The van der Waals surface area contributed by atoms with E-state index in [1.165, 1.54) is 32.1 Å². The second-order valence-corrected chi connectivity index (χ2v) is 12.1. The van der Waals surface area contributed by atoms with E-state index in [1.807, 2.05) is 0 Å². The monoisotopic (exact) mass is 420 g/mol. The molecule has 4 aliphatic rings. The molecule has 30 heavy (non-hydrogen) atoms. The number of aliphatic hydroxyl groups is 2. The maximum Gasteiger partial charge on any atom is 0.309 e. The third kappa shape index (κ3) is 3.74. The Hall–Kier alpha value is -0.610. The summed E-state index contributed by atoms with van der Waals surface area (Å²) in [5.41, 5.74) is 0.292. The summed E-state index contributed by atoms with van der Waals surface area (Å²) in [6.07, 6.45) is 9.37. The highest BCUT2D eigenvalue weighted by atomic mass is 16.5. The summed E-state index contributed by atoms with van der Waals surface area (Å²) in [6, 6.07) is 0. The highest BCUT2D eigenvalue weighted by Crippen LogP contribution is 2.65. The number of rotatable bonds is 5. The van der Waals surface area contributed by atoms with E-state index in [0.717, 1.165) is 19.3 Å². The van der Waals surface area contributed by atoms with Crippen LogP contribution in [0.3, 0.4) is 0 Å². The van der Waals surface area contributed by atoms with Gasteiger partial charge in [0.15, 0.2) is 0 Å². The first-order valence-corrected chi connectivity index (χ1v) is 12.7. The minimum absolute atomic E-state index is 0.0649. The molecule has 0 radical (unpaired) electrons. The minimum Gasteiger partial charge on any atom is -0.465 e. The second kappa shape index (κ2) is 8.39. The maximum absolute atomic E-state index is 12.9. The summed E-state index contributed by atoms with van der Waals surface area (Å²) < 4.78 is 5.93. The molecule has 9 atom stereocenters. The molecular formula is C26H44O4. The molecule has 1 saturated heterocycles. The largest absolute Gasteiger partial charge is 0.465 e. The summed E-state index contributed by atoms with van der Waals surface area (Å²) >= 11 is 0. The van der Waals surface area contributed by atoms with Gasteiger partial charge in [0, 0.05) is 0 Å². The number of esters is 1.